The summed E-state index contributed by atoms with van der Waals surface area (Å²) < 4.78 is 3.74. The maximum absolute atomic E-state index is 4.13. The second kappa shape index (κ2) is 7.11. The van der Waals surface area contributed by atoms with E-state index in [9.17, 15) is 0 Å². The van der Waals surface area contributed by atoms with Crippen LogP contribution < -0.4 is 5.32 Å². The number of nitrogens with one attached hydrogen (secondary N) is 1. The molecule has 6 heteroatoms. The van der Waals surface area contributed by atoms with Crippen LogP contribution in [0.5, 0.6) is 0 Å². The van der Waals surface area contributed by atoms with Gasteiger partial charge in [0, 0.05) is 31.2 Å². The van der Waals surface area contributed by atoms with E-state index >= 15 is 0 Å². The van der Waals surface area contributed by atoms with Crippen LogP contribution in [0, 0.1) is 0 Å². The summed E-state index contributed by atoms with van der Waals surface area (Å²) >= 11 is 0. The van der Waals surface area contributed by atoms with Crippen LogP contribution in [0.3, 0.4) is 0 Å². The predicted octanol–water partition coefficient (Wildman–Crippen LogP) is 2.74. The lowest BCUT2D eigenvalue weighted by atomic mass is 10.2. The van der Waals surface area contributed by atoms with Crippen molar-refractivity contribution in [3.8, 4) is 11.4 Å². The third-order valence-electron chi connectivity index (χ3n) is 4.02. The molecule has 6 nitrogen and oxygen atoms in total. The summed E-state index contributed by atoms with van der Waals surface area (Å²) in [5.41, 5.74) is 4.61. The zero-order valence-electron chi connectivity index (χ0n) is 13.7. The van der Waals surface area contributed by atoms with E-state index in [0.717, 1.165) is 24.5 Å². The van der Waals surface area contributed by atoms with Crippen molar-refractivity contribution in [3.63, 3.8) is 0 Å². The first-order valence-corrected chi connectivity index (χ1v) is 8.10. The van der Waals surface area contributed by atoms with Gasteiger partial charge in [-0.2, -0.15) is 5.10 Å². The molecule has 0 bridgehead atoms. The average Bonchev–Trinajstić information content (AvgIpc) is 3.37. The van der Waals surface area contributed by atoms with E-state index in [0.29, 0.717) is 0 Å². The highest BCUT2D eigenvalue weighted by Gasteiger charge is 1.99. The first kappa shape index (κ1) is 15.3. The van der Waals surface area contributed by atoms with E-state index in [-0.39, 0.29) is 0 Å². The van der Waals surface area contributed by atoms with Gasteiger partial charge in [0.25, 0.3) is 0 Å². The largest absolute Gasteiger partial charge is 0.309 e. The van der Waals surface area contributed by atoms with Crippen molar-refractivity contribution in [3.05, 3.63) is 91.0 Å². The van der Waals surface area contributed by atoms with E-state index in [1.165, 1.54) is 17.5 Å². The molecule has 0 amide bonds. The number of rotatable bonds is 6. The molecule has 0 aliphatic heterocycles. The molecule has 124 valence electrons. The Morgan fingerprint density at radius 1 is 0.760 bits per heavy atom. The molecule has 0 aliphatic rings. The second-order valence-corrected chi connectivity index (χ2v) is 5.75. The van der Waals surface area contributed by atoms with Gasteiger partial charge in [-0.3, -0.25) is 0 Å². The normalized spacial score (nSPS) is 10.9. The Labute approximate surface area is 145 Å². The van der Waals surface area contributed by atoms with Gasteiger partial charge in [0.1, 0.15) is 12.7 Å². The summed E-state index contributed by atoms with van der Waals surface area (Å²) in [4.78, 5) is 8.03. The number of hydrogen-bond acceptors (Lipinski definition) is 4. The number of imidazole rings is 1. The van der Waals surface area contributed by atoms with Gasteiger partial charge in [-0.1, -0.05) is 24.3 Å². The van der Waals surface area contributed by atoms with Crippen molar-refractivity contribution in [1.29, 1.82) is 0 Å². The summed E-state index contributed by atoms with van der Waals surface area (Å²) in [7, 11) is 0. The Hall–Kier alpha value is -3.25. The highest BCUT2D eigenvalue weighted by Crippen LogP contribution is 2.10. The van der Waals surface area contributed by atoms with Crippen LogP contribution in [0.25, 0.3) is 11.4 Å². The van der Waals surface area contributed by atoms with Gasteiger partial charge in [-0.25, -0.2) is 14.6 Å². The molecule has 1 N–H and O–H groups in total. The van der Waals surface area contributed by atoms with Crippen molar-refractivity contribution in [2.45, 2.75) is 13.1 Å². The quantitative estimate of drug-likeness (QED) is 0.590. The highest BCUT2D eigenvalue weighted by atomic mass is 15.3. The van der Waals surface area contributed by atoms with Crippen LogP contribution in [0.2, 0.25) is 0 Å². The fourth-order valence-corrected chi connectivity index (χ4v) is 2.66. The zero-order valence-corrected chi connectivity index (χ0v) is 13.7. The van der Waals surface area contributed by atoms with E-state index in [4.69, 9.17) is 0 Å². The van der Waals surface area contributed by atoms with Crippen molar-refractivity contribution in [2.24, 2.45) is 0 Å². The molecule has 2 aromatic heterocycles. The maximum Gasteiger partial charge on any atom is 0.138 e. The van der Waals surface area contributed by atoms with Gasteiger partial charge in [0.05, 0.1) is 12.0 Å². The van der Waals surface area contributed by atoms with Crippen molar-refractivity contribution in [1.82, 2.24) is 29.6 Å². The minimum atomic E-state index is 0.820. The van der Waals surface area contributed by atoms with E-state index in [1.54, 1.807) is 23.5 Å². The molecule has 0 atom stereocenters. The van der Waals surface area contributed by atoms with E-state index in [2.05, 4.69) is 56.8 Å². The van der Waals surface area contributed by atoms with Crippen LogP contribution >= 0.6 is 0 Å². The van der Waals surface area contributed by atoms with Crippen molar-refractivity contribution in [2.75, 3.05) is 0 Å². The first-order valence-electron chi connectivity index (χ1n) is 8.10. The van der Waals surface area contributed by atoms with Gasteiger partial charge < -0.3 is 9.88 Å². The Bertz CT molecular complexity index is 816. The number of nitrogens with zero attached hydrogens (tertiary/aromatic N) is 5. The summed E-state index contributed by atoms with van der Waals surface area (Å²) in [6.07, 6.45) is 8.75. The van der Waals surface area contributed by atoms with Gasteiger partial charge in [0.15, 0.2) is 0 Å². The monoisotopic (exact) mass is 330 g/mol. The number of benzene rings is 2. The van der Waals surface area contributed by atoms with Crippen LogP contribution in [0.1, 0.15) is 11.1 Å². The SMILES string of the molecule is c1cn(-c2ccc(CNCc3ccc(-n4cncn4)cc3)cc2)cn1. The minimum absolute atomic E-state index is 0.820. The molecule has 0 radical (unpaired) electrons. The lowest BCUT2D eigenvalue weighted by molar-refractivity contribution is 0.693. The topological polar surface area (TPSA) is 60.6 Å². The van der Waals surface area contributed by atoms with Gasteiger partial charge in [-0.05, 0) is 35.4 Å². The van der Waals surface area contributed by atoms with Crippen molar-refractivity contribution < 1.29 is 0 Å². The first-order chi connectivity index (χ1) is 12.4. The molecule has 2 heterocycles. The van der Waals surface area contributed by atoms with Crippen LogP contribution in [0.15, 0.2) is 79.9 Å². The van der Waals surface area contributed by atoms with Crippen molar-refractivity contribution >= 4 is 0 Å². The molecular weight excluding hydrogens is 312 g/mol. The summed E-state index contributed by atoms with van der Waals surface area (Å²) in [6, 6.07) is 16.8. The third-order valence-corrected chi connectivity index (χ3v) is 4.02. The molecule has 0 unspecified atom stereocenters. The smallest absolute Gasteiger partial charge is 0.138 e. The van der Waals surface area contributed by atoms with Gasteiger partial charge in [0.2, 0.25) is 0 Å². The fourth-order valence-electron chi connectivity index (χ4n) is 2.66. The van der Waals surface area contributed by atoms with Gasteiger partial charge >= 0.3 is 0 Å². The molecule has 0 saturated heterocycles. The van der Waals surface area contributed by atoms with E-state index < -0.39 is 0 Å². The molecule has 4 aromatic rings. The number of hydrogen-bond donors (Lipinski definition) is 1. The summed E-state index contributed by atoms with van der Waals surface area (Å²) in [6.45, 7) is 1.65. The minimum Gasteiger partial charge on any atom is -0.309 e. The molecule has 2 aromatic carbocycles. The van der Waals surface area contributed by atoms with E-state index in [1.807, 2.05) is 22.9 Å². The maximum atomic E-state index is 4.13. The molecule has 25 heavy (non-hydrogen) atoms. The number of aromatic nitrogens is 5. The molecule has 0 aliphatic carbocycles. The lowest BCUT2D eigenvalue weighted by Gasteiger charge is -2.08. The van der Waals surface area contributed by atoms with Crippen LogP contribution in [-0.4, -0.2) is 24.3 Å². The predicted molar refractivity (Wildman–Crippen MR) is 95.5 cm³/mol. The Morgan fingerprint density at radius 2 is 1.44 bits per heavy atom. The molecule has 0 saturated carbocycles. The van der Waals surface area contributed by atoms with Crippen LogP contribution in [0.4, 0.5) is 0 Å². The zero-order chi connectivity index (χ0) is 16.9. The molecule has 0 fully saturated rings. The summed E-state index contributed by atoms with van der Waals surface area (Å²) in [5.74, 6) is 0. The summed E-state index contributed by atoms with van der Waals surface area (Å²) in [5, 5.41) is 7.60. The standard InChI is InChI=1S/C19H18N6/c1-5-18(24-10-9-20-14-24)6-2-16(1)11-21-12-17-3-7-19(8-4-17)25-15-22-13-23-25/h1-10,13-15,21H,11-12H2. The Kier molecular flexibility index (Phi) is 4.35. The second-order valence-electron chi connectivity index (χ2n) is 5.75. The molecule has 4 rings (SSSR count). The van der Waals surface area contributed by atoms with Gasteiger partial charge in [-0.15, -0.1) is 0 Å². The Balaban J connectivity index is 1.31. The average molecular weight is 330 g/mol. The third kappa shape index (κ3) is 3.64. The molecule has 0 spiro atoms. The highest BCUT2D eigenvalue weighted by molar-refractivity contribution is 5.35. The van der Waals surface area contributed by atoms with Crippen LogP contribution in [-0.2, 0) is 13.1 Å². The Morgan fingerprint density at radius 3 is 2.00 bits per heavy atom. The fraction of sp³-hybridized carbons (Fsp3) is 0.105. The lowest BCUT2D eigenvalue weighted by Crippen LogP contribution is -2.12. The molecular formula is C19H18N6.